The van der Waals surface area contributed by atoms with Crippen LogP contribution in [-0.4, -0.2) is 18.7 Å². The second-order valence-electron chi connectivity index (χ2n) is 4.53. The summed E-state index contributed by atoms with van der Waals surface area (Å²) in [5, 5.41) is 2.87. The van der Waals surface area contributed by atoms with Crippen LogP contribution in [-0.2, 0) is 4.74 Å². The molecule has 1 aliphatic heterocycles. The zero-order valence-corrected chi connectivity index (χ0v) is 9.64. The summed E-state index contributed by atoms with van der Waals surface area (Å²) in [6.45, 7) is 4.81. The number of nitrogens with one attached hydrogen (secondary N) is 1. The highest BCUT2D eigenvalue weighted by atomic mass is 16.6. The number of carbonyl (C=O) groups is 1. The third-order valence-electron chi connectivity index (χ3n) is 3.03. The van der Waals surface area contributed by atoms with Gasteiger partial charge in [-0.15, -0.1) is 0 Å². The van der Waals surface area contributed by atoms with Crippen LogP contribution in [0.5, 0.6) is 0 Å². The summed E-state index contributed by atoms with van der Waals surface area (Å²) in [5.41, 5.74) is 1.26. The van der Waals surface area contributed by atoms with Crippen molar-refractivity contribution in [2.75, 3.05) is 6.61 Å². The zero-order chi connectivity index (χ0) is 11.5. The standard InChI is InChI=1S/C13H17NO2/c1-9(2)12(10-6-4-3-5-7-10)11-8-16-13(15)14-11/h3-7,9,11-12H,8H2,1-2H3,(H,14,15). The van der Waals surface area contributed by atoms with Gasteiger partial charge in [0.25, 0.3) is 0 Å². The van der Waals surface area contributed by atoms with Crippen LogP contribution in [0, 0.1) is 5.92 Å². The third-order valence-corrected chi connectivity index (χ3v) is 3.03. The monoisotopic (exact) mass is 219 g/mol. The summed E-state index contributed by atoms with van der Waals surface area (Å²) in [7, 11) is 0. The maximum Gasteiger partial charge on any atom is 0.407 e. The highest BCUT2D eigenvalue weighted by Gasteiger charge is 2.32. The highest BCUT2D eigenvalue weighted by molar-refractivity contribution is 5.69. The van der Waals surface area contributed by atoms with E-state index in [0.29, 0.717) is 18.4 Å². The second-order valence-corrected chi connectivity index (χ2v) is 4.53. The van der Waals surface area contributed by atoms with Gasteiger partial charge in [0, 0.05) is 5.92 Å². The topological polar surface area (TPSA) is 38.3 Å². The smallest absolute Gasteiger partial charge is 0.407 e. The maximum absolute atomic E-state index is 11.1. The molecule has 0 spiro atoms. The number of carbonyl (C=O) groups excluding carboxylic acids is 1. The van der Waals surface area contributed by atoms with Crippen LogP contribution >= 0.6 is 0 Å². The molecule has 0 aromatic heterocycles. The van der Waals surface area contributed by atoms with Gasteiger partial charge < -0.3 is 10.1 Å². The molecule has 2 atom stereocenters. The molecule has 1 heterocycles. The van der Waals surface area contributed by atoms with Crippen molar-refractivity contribution in [2.24, 2.45) is 5.92 Å². The number of alkyl carbamates (subject to hydrolysis) is 1. The molecular formula is C13H17NO2. The number of amides is 1. The third kappa shape index (κ3) is 2.18. The van der Waals surface area contributed by atoms with E-state index in [9.17, 15) is 4.79 Å². The predicted octanol–water partition coefficient (Wildman–Crippen LogP) is 2.53. The average Bonchev–Trinajstić information content (AvgIpc) is 2.66. The van der Waals surface area contributed by atoms with Gasteiger partial charge in [-0.05, 0) is 11.5 Å². The van der Waals surface area contributed by atoms with E-state index in [4.69, 9.17) is 4.74 Å². The summed E-state index contributed by atoms with van der Waals surface area (Å²) in [6, 6.07) is 10.4. The maximum atomic E-state index is 11.1. The Labute approximate surface area is 95.8 Å². The summed E-state index contributed by atoms with van der Waals surface area (Å²) in [4.78, 5) is 11.1. The Hall–Kier alpha value is -1.51. The normalized spacial score (nSPS) is 21.7. The molecule has 0 saturated carbocycles. The Kier molecular flexibility index (Phi) is 3.13. The number of benzene rings is 1. The SMILES string of the molecule is CC(C)C(c1ccccc1)C1COC(=O)N1. The van der Waals surface area contributed by atoms with Gasteiger partial charge in [-0.3, -0.25) is 0 Å². The minimum absolute atomic E-state index is 0.0925. The highest BCUT2D eigenvalue weighted by Crippen LogP contribution is 2.29. The van der Waals surface area contributed by atoms with Gasteiger partial charge in [0.15, 0.2) is 0 Å². The second kappa shape index (κ2) is 4.56. The first-order valence-corrected chi connectivity index (χ1v) is 5.66. The number of cyclic esters (lactones) is 1. The molecule has 1 fully saturated rings. The van der Waals surface area contributed by atoms with Crippen molar-refractivity contribution in [3.8, 4) is 0 Å². The first-order valence-electron chi connectivity index (χ1n) is 5.66. The molecular weight excluding hydrogens is 202 g/mol. The van der Waals surface area contributed by atoms with Crippen LogP contribution < -0.4 is 5.32 Å². The number of hydrogen-bond acceptors (Lipinski definition) is 2. The van der Waals surface area contributed by atoms with Gasteiger partial charge in [0.1, 0.15) is 6.61 Å². The van der Waals surface area contributed by atoms with E-state index in [0.717, 1.165) is 0 Å². The molecule has 2 unspecified atom stereocenters. The molecule has 1 amide bonds. The lowest BCUT2D eigenvalue weighted by atomic mass is 9.83. The fourth-order valence-electron chi connectivity index (χ4n) is 2.35. The molecule has 3 nitrogen and oxygen atoms in total. The lowest BCUT2D eigenvalue weighted by molar-refractivity contribution is 0.175. The van der Waals surface area contributed by atoms with Crippen molar-refractivity contribution in [1.29, 1.82) is 0 Å². The van der Waals surface area contributed by atoms with Crippen LogP contribution in [0.1, 0.15) is 25.3 Å². The minimum Gasteiger partial charge on any atom is -0.447 e. The van der Waals surface area contributed by atoms with Crippen molar-refractivity contribution in [1.82, 2.24) is 5.32 Å². The van der Waals surface area contributed by atoms with Crippen molar-refractivity contribution in [2.45, 2.75) is 25.8 Å². The fourth-order valence-corrected chi connectivity index (χ4v) is 2.35. The van der Waals surface area contributed by atoms with Gasteiger partial charge in [0.05, 0.1) is 6.04 Å². The summed E-state index contributed by atoms with van der Waals surface area (Å²) >= 11 is 0. The van der Waals surface area contributed by atoms with Crippen LogP contribution in [0.4, 0.5) is 4.79 Å². The molecule has 16 heavy (non-hydrogen) atoms. The van der Waals surface area contributed by atoms with Gasteiger partial charge in [-0.25, -0.2) is 4.79 Å². The van der Waals surface area contributed by atoms with Crippen LogP contribution in [0.15, 0.2) is 30.3 Å². The van der Waals surface area contributed by atoms with Gasteiger partial charge in [-0.1, -0.05) is 44.2 Å². The van der Waals surface area contributed by atoms with Gasteiger partial charge in [0.2, 0.25) is 0 Å². The molecule has 2 rings (SSSR count). The number of hydrogen-bond donors (Lipinski definition) is 1. The Bertz CT molecular complexity index is 361. The summed E-state index contributed by atoms with van der Waals surface area (Å²) in [5.74, 6) is 0.780. The molecule has 86 valence electrons. The Morgan fingerprint density at radius 3 is 2.50 bits per heavy atom. The molecule has 0 aliphatic carbocycles. The van der Waals surface area contributed by atoms with Gasteiger partial charge in [-0.2, -0.15) is 0 Å². The Morgan fingerprint density at radius 2 is 2.00 bits per heavy atom. The zero-order valence-electron chi connectivity index (χ0n) is 9.64. The molecule has 1 aromatic carbocycles. The molecule has 1 aromatic rings. The van der Waals surface area contributed by atoms with Crippen LogP contribution in [0.2, 0.25) is 0 Å². The average molecular weight is 219 g/mol. The summed E-state index contributed by atoms with van der Waals surface area (Å²) < 4.78 is 4.97. The Balaban J connectivity index is 2.21. The van der Waals surface area contributed by atoms with E-state index in [1.165, 1.54) is 5.56 Å². The first-order chi connectivity index (χ1) is 7.68. The molecule has 1 N–H and O–H groups in total. The minimum atomic E-state index is -0.299. The lowest BCUT2D eigenvalue weighted by Gasteiger charge is -2.25. The fraction of sp³-hybridized carbons (Fsp3) is 0.462. The molecule has 0 bridgehead atoms. The van der Waals surface area contributed by atoms with Crippen molar-refractivity contribution >= 4 is 6.09 Å². The largest absolute Gasteiger partial charge is 0.447 e. The van der Waals surface area contributed by atoms with E-state index in [1.54, 1.807) is 0 Å². The van der Waals surface area contributed by atoms with E-state index >= 15 is 0 Å². The van der Waals surface area contributed by atoms with Crippen LogP contribution in [0.3, 0.4) is 0 Å². The first kappa shape index (κ1) is 11.0. The molecule has 1 aliphatic rings. The quantitative estimate of drug-likeness (QED) is 0.848. The molecule has 3 heteroatoms. The molecule has 0 radical (unpaired) electrons. The van der Waals surface area contributed by atoms with E-state index < -0.39 is 0 Å². The van der Waals surface area contributed by atoms with Crippen molar-refractivity contribution < 1.29 is 9.53 Å². The van der Waals surface area contributed by atoms with Crippen molar-refractivity contribution in [3.63, 3.8) is 0 Å². The van der Waals surface area contributed by atoms with Gasteiger partial charge >= 0.3 is 6.09 Å². The predicted molar refractivity (Wildman–Crippen MR) is 62.3 cm³/mol. The molecule has 1 saturated heterocycles. The van der Waals surface area contributed by atoms with Crippen LogP contribution in [0.25, 0.3) is 0 Å². The van der Waals surface area contributed by atoms with E-state index in [-0.39, 0.29) is 12.1 Å². The van der Waals surface area contributed by atoms with E-state index in [1.807, 2.05) is 18.2 Å². The van der Waals surface area contributed by atoms with E-state index in [2.05, 4.69) is 31.3 Å². The lowest BCUT2D eigenvalue weighted by Crippen LogP contribution is -2.35. The Morgan fingerprint density at radius 1 is 1.31 bits per heavy atom. The number of ether oxygens (including phenoxy) is 1. The van der Waals surface area contributed by atoms with Crippen molar-refractivity contribution in [3.05, 3.63) is 35.9 Å². The summed E-state index contributed by atoms with van der Waals surface area (Å²) in [6.07, 6.45) is -0.299. The number of rotatable bonds is 3.